The van der Waals surface area contributed by atoms with Gasteiger partial charge < -0.3 is 14.8 Å². The molecule has 19 heavy (non-hydrogen) atoms. The first kappa shape index (κ1) is 13.2. The van der Waals surface area contributed by atoms with Crippen LogP contribution in [0.2, 0.25) is 5.02 Å². The molecule has 5 nitrogen and oxygen atoms in total. The fourth-order valence-corrected chi connectivity index (χ4v) is 1.66. The number of aromatic carboxylic acids is 1. The number of ether oxygens (including phenoxy) is 1. The van der Waals surface area contributed by atoms with E-state index < -0.39 is 11.4 Å². The molecular formula is C13H10ClNO4. The highest BCUT2D eigenvalue weighted by Crippen LogP contribution is 2.16. The zero-order valence-electron chi connectivity index (χ0n) is 9.72. The summed E-state index contributed by atoms with van der Waals surface area (Å²) in [5.74, 6) is -1.15. The molecule has 2 aromatic rings. The number of pyridine rings is 1. The Morgan fingerprint density at radius 2 is 2.11 bits per heavy atom. The molecule has 0 bridgehead atoms. The zero-order valence-corrected chi connectivity index (χ0v) is 10.5. The summed E-state index contributed by atoms with van der Waals surface area (Å²) in [6.45, 7) is 0.134. The van der Waals surface area contributed by atoms with E-state index in [1.165, 1.54) is 6.20 Å². The van der Waals surface area contributed by atoms with Crippen LogP contribution in [-0.4, -0.2) is 16.1 Å². The van der Waals surface area contributed by atoms with Gasteiger partial charge in [-0.25, -0.2) is 4.79 Å². The molecule has 98 valence electrons. The number of hydrogen-bond acceptors (Lipinski definition) is 3. The average molecular weight is 280 g/mol. The van der Waals surface area contributed by atoms with Crippen LogP contribution in [0.5, 0.6) is 5.75 Å². The summed E-state index contributed by atoms with van der Waals surface area (Å²) < 4.78 is 5.32. The Morgan fingerprint density at radius 3 is 2.74 bits per heavy atom. The SMILES string of the molecule is O=C(O)c1cc(=O)c(OCc2ccccc2Cl)c[nH]1. The molecule has 0 aliphatic heterocycles. The van der Waals surface area contributed by atoms with Gasteiger partial charge in [0.1, 0.15) is 12.3 Å². The van der Waals surface area contributed by atoms with E-state index in [1.54, 1.807) is 18.2 Å². The molecule has 0 unspecified atom stereocenters. The average Bonchev–Trinajstić information content (AvgIpc) is 2.39. The van der Waals surface area contributed by atoms with Crippen LogP contribution in [0.1, 0.15) is 16.1 Å². The quantitative estimate of drug-likeness (QED) is 0.900. The maximum atomic E-state index is 11.6. The predicted octanol–water partition coefficient (Wildman–Crippen LogP) is 2.31. The van der Waals surface area contributed by atoms with Gasteiger partial charge in [-0.1, -0.05) is 29.8 Å². The zero-order chi connectivity index (χ0) is 13.8. The summed E-state index contributed by atoms with van der Waals surface area (Å²) in [6, 6.07) is 8.08. The van der Waals surface area contributed by atoms with Crippen LogP contribution in [0.4, 0.5) is 0 Å². The lowest BCUT2D eigenvalue weighted by atomic mass is 10.2. The number of carboxylic acids is 1. The van der Waals surface area contributed by atoms with Gasteiger partial charge in [-0.05, 0) is 6.07 Å². The predicted molar refractivity (Wildman–Crippen MR) is 69.8 cm³/mol. The van der Waals surface area contributed by atoms with Crippen molar-refractivity contribution < 1.29 is 14.6 Å². The van der Waals surface area contributed by atoms with Gasteiger partial charge in [0.05, 0.1) is 0 Å². The van der Waals surface area contributed by atoms with Crippen LogP contribution >= 0.6 is 11.6 Å². The molecule has 0 fully saturated rings. The second kappa shape index (κ2) is 5.58. The van der Waals surface area contributed by atoms with Crippen LogP contribution in [0.25, 0.3) is 0 Å². The molecule has 0 saturated carbocycles. The smallest absolute Gasteiger partial charge is 0.352 e. The second-order valence-corrected chi connectivity index (χ2v) is 4.17. The Balaban J connectivity index is 2.15. The number of nitrogens with one attached hydrogen (secondary N) is 1. The minimum Gasteiger partial charge on any atom is -0.483 e. The van der Waals surface area contributed by atoms with Crippen LogP contribution < -0.4 is 10.2 Å². The molecule has 1 aromatic carbocycles. The number of halogens is 1. The van der Waals surface area contributed by atoms with E-state index in [9.17, 15) is 9.59 Å². The van der Waals surface area contributed by atoms with Gasteiger partial charge in [0, 0.05) is 22.8 Å². The molecule has 0 aliphatic carbocycles. The van der Waals surface area contributed by atoms with Gasteiger partial charge in [0.2, 0.25) is 5.43 Å². The maximum Gasteiger partial charge on any atom is 0.352 e. The summed E-state index contributed by atoms with van der Waals surface area (Å²) in [6.07, 6.45) is 1.22. The molecule has 0 radical (unpaired) electrons. The summed E-state index contributed by atoms with van der Waals surface area (Å²) >= 11 is 5.95. The van der Waals surface area contributed by atoms with Crippen molar-refractivity contribution in [2.24, 2.45) is 0 Å². The topological polar surface area (TPSA) is 79.4 Å². The molecule has 0 aliphatic rings. The first-order valence-electron chi connectivity index (χ1n) is 5.40. The Kier molecular flexibility index (Phi) is 3.87. The molecule has 1 aromatic heterocycles. The Labute approximate surface area is 113 Å². The lowest BCUT2D eigenvalue weighted by molar-refractivity contribution is 0.0690. The van der Waals surface area contributed by atoms with Gasteiger partial charge in [0.15, 0.2) is 5.75 Å². The lowest BCUT2D eigenvalue weighted by Crippen LogP contribution is -2.12. The van der Waals surface area contributed by atoms with Crippen molar-refractivity contribution in [1.82, 2.24) is 4.98 Å². The van der Waals surface area contributed by atoms with Crippen LogP contribution in [0.15, 0.2) is 41.3 Å². The van der Waals surface area contributed by atoms with Crippen molar-refractivity contribution >= 4 is 17.6 Å². The molecule has 0 atom stereocenters. The first-order valence-corrected chi connectivity index (χ1v) is 5.78. The van der Waals surface area contributed by atoms with Crippen molar-refractivity contribution in [2.45, 2.75) is 6.61 Å². The number of aromatic amines is 1. The third-order valence-electron chi connectivity index (χ3n) is 2.45. The van der Waals surface area contributed by atoms with Gasteiger partial charge in [0.25, 0.3) is 0 Å². The first-order chi connectivity index (χ1) is 9.08. The van der Waals surface area contributed by atoms with E-state index in [0.29, 0.717) is 5.02 Å². The highest BCUT2D eigenvalue weighted by Gasteiger charge is 2.08. The Morgan fingerprint density at radius 1 is 1.37 bits per heavy atom. The Hall–Kier alpha value is -2.27. The van der Waals surface area contributed by atoms with Gasteiger partial charge in [-0.2, -0.15) is 0 Å². The summed E-state index contributed by atoms with van der Waals surface area (Å²) in [5, 5.41) is 9.26. The number of hydrogen-bond donors (Lipinski definition) is 2. The van der Waals surface area contributed by atoms with Gasteiger partial charge in [-0.3, -0.25) is 4.79 Å². The fraction of sp³-hybridized carbons (Fsp3) is 0.0769. The van der Waals surface area contributed by atoms with E-state index in [-0.39, 0.29) is 18.1 Å². The number of carboxylic acid groups (broad SMARTS) is 1. The standard InChI is InChI=1S/C13H10ClNO4/c14-9-4-2-1-3-8(9)7-19-12-6-15-10(13(17)18)5-11(12)16/h1-6H,7H2,(H,15,16)(H,17,18). The third kappa shape index (κ3) is 3.14. The molecule has 2 rings (SSSR count). The summed E-state index contributed by atoms with van der Waals surface area (Å²) in [5.41, 5.74) is 0.0594. The number of carbonyl (C=O) groups is 1. The van der Waals surface area contributed by atoms with E-state index in [4.69, 9.17) is 21.4 Å². The Bertz CT molecular complexity index is 666. The maximum absolute atomic E-state index is 11.6. The highest BCUT2D eigenvalue weighted by atomic mass is 35.5. The van der Waals surface area contributed by atoms with Crippen LogP contribution in [-0.2, 0) is 6.61 Å². The van der Waals surface area contributed by atoms with Crippen molar-refractivity contribution in [2.75, 3.05) is 0 Å². The fourth-order valence-electron chi connectivity index (χ4n) is 1.47. The monoisotopic (exact) mass is 279 g/mol. The number of benzene rings is 1. The molecule has 2 N–H and O–H groups in total. The largest absolute Gasteiger partial charge is 0.483 e. The van der Waals surface area contributed by atoms with Gasteiger partial charge >= 0.3 is 5.97 Å². The molecule has 1 heterocycles. The number of aromatic nitrogens is 1. The summed E-state index contributed by atoms with van der Waals surface area (Å²) in [4.78, 5) is 24.7. The summed E-state index contributed by atoms with van der Waals surface area (Å²) in [7, 11) is 0. The highest BCUT2D eigenvalue weighted by molar-refractivity contribution is 6.31. The number of H-pyrrole nitrogens is 1. The van der Waals surface area contributed by atoms with Crippen molar-refractivity contribution in [1.29, 1.82) is 0 Å². The minimum atomic E-state index is -1.20. The van der Waals surface area contributed by atoms with Crippen LogP contribution in [0.3, 0.4) is 0 Å². The third-order valence-corrected chi connectivity index (χ3v) is 2.82. The van der Waals surface area contributed by atoms with E-state index in [0.717, 1.165) is 11.6 Å². The van der Waals surface area contributed by atoms with E-state index in [2.05, 4.69) is 4.98 Å². The molecule has 0 spiro atoms. The lowest BCUT2D eigenvalue weighted by Gasteiger charge is -2.07. The molecular weight excluding hydrogens is 270 g/mol. The minimum absolute atomic E-state index is 0.0462. The number of rotatable bonds is 4. The van der Waals surface area contributed by atoms with Crippen molar-refractivity contribution in [3.8, 4) is 5.75 Å². The van der Waals surface area contributed by atoms with Crippen molar-refractivity contribution in [3.63, 3.8) is 0 Å². The van der Waals surface area contributed by atoms with Gasteiger partial charge in [-0.15, -0.1) is 0 Å². The molecule has 0 amide bonds. The normalized spacial score (nSPS) is 10.2. The molecule has 0 saturated heterocycles. The second-order valence-electron chi connectivity index (χ2n) is 3.76. The van der Waals surface area contributed by atoms with E-state index >= 15 is 0 Å². The van der Waals surface area contributed by atoms with E-state index in [1.807, 2.05) is 6.07 Å². The van der Waals surface area contributed by atoms with Crippen molar-refractivity contribution in [3.05, 3.63) is 63.0 Å². The van der Waals surface area contributed by atoms with Crippen LogP contribution in [0, 0.1) is 0 Å². The molecule has 6 heteroatoms.